The van der Waals surface area contributed by atoms with Crippen LogP contribution in [0.2, 0.25) is 0 Å². The van der Waals surface area contributed by atoms with Gasteiger partial charge in [0.15, 0.2) is 0 Å². The molecule has 0 fully saturated rings. The van der Waals surface area contributed by atoms with E-state index in [1.54, 1.807) is 6.08 Å². The van der Waals surface area contributed by atoms with E-state index >= 15 is 0 Å². The Hall–Kier alpha value is -2.05. The lowest BCUT2D eigenvalue weighted by Crippen LogP contribution is -2.11. The van der Waals surface area contributed by atoms with Gasteiger partial charge in [0.05, 0.1) is 25.9 Å². The van der Waals surface area contributed by atoms with Crippen molar-refractivity contribution in [2.24, 2.45) is 0 Å². The monoisotopic (exact) mass is 244 g/mol. The Kier molecular flexibility index (Phi) is 6.31. The lowest BCUT2D eigenvalue weighted by molar-refractivity contribution is -0.136. The molecule has 0 aliphatic carbocycles. The molecule has 0 N–H and O–H groups in total. The zero-order valence-electron chi connectivity index (χ0n) is 10.4. The molecule has 0 radical (unpaired) electrons. The van der Waals surface area contributed by atoms with Crippen molar-refractivity contribution in [1.29, 1.82) is 0 Å². The molecule has 94 valence electrons. The average Bonchev–Trinajstić information content (AvgIpc) is 2.42. The number of esters is 1. The van der Waals surface area contributed by atoms with Crippen LogP contribution in [0.3, 0.4) is 0 Å². The van der Waals surface area contributed by atoms with Crippen molar-refractivity contribution in [3.8, 4) is 12.3 Å². The number of rotatable bonds is 6. The number of terminal acetylenes is 1. The van der Waals surface area contributed by atoms with Crippen LogP contribution in [0.5, 0.6) is 0 Å². The van der Waals surface area contributed by atoms with Crippen LogP contribution in [0.1, 0.15) is 12.0 Å². The molecule has 0 saturated carbocycles. The second kappa shape index (κ2) is 8.10. The highest BCUT2D eigenvalue weighted by molar-refractivity contribution is 5.93. The van der Waals surface area contributed by atoms with E-state index in [2.05, 4.69) is 5.92 Å². The number of methoxy groups -OCH3 is 1. The zero-order valence-corrected chi connectivity index (χ0v) is 10.4. The summed E-state index contributed by atoms with van der Waals surface area (Å²) in [7, 11) is 1.35. The first kappa shape index (κ1) is 14.0. The van der Waals surface area contributed by atoms with Crippen molar-refractivity contribution in [2.45, 2.75) is 6.42 Å². The molecule has 1 rings (SSSR count). The molecule has 0 amide bonds. The average molecular weight is 244 g/mol. The van der Waals surface area contributed by atoms with Crippen LogP contribution in [0.15, 0.2) is 35.9 Å². The van der Waals surface area contributed by atoms with Gasteiger partial charge in [-0.05, 0) is 11.6 Å². The van der Waals surface area contributed by atoms with E-state index in [1.165, 1.54) is 7.11 Å². The third-order valence-electron chi connectivity index (χ3n) is 2.24. The maximum absolute atomic E-state index is 11.6. The number of ether oxygens (including phenoxy) is 2. The SMILES string of the molecule is C#CCCOC/C(=C\c1ccccc1)C(=O)OC. The topological polar surface area (TPSA) is 35.5 Å². The fraction of sp³-hybridized carbons (Fsp3) is 0.267. The number of hydrogen-bond acceptors (Lipinski definition) is 3. The molecule has 0 aliphatic rings. The molecule has 3 nitrogen and oxygen atoms in total. The summed E-state index contributed by atoms with van der Waals surface area (Å²) >= 11 is 0. The molecule has 18 heavy (non-hydrogen) atoms. The smallest absolute Gasteiger partial charge is 0.336 e. The number of carbonyl (C=O) groups is 1. The number of carbonyl (C=O) groups excluding carboxylic acids is 1. The maximum Gasteiger partial charge on any atom is 0.336 e. The van der Waals surface area contributed by atoms with Gasteiger partial charge >= 0.3 is 5.97 Å². The Labute approximate surface area is 107 Å². The van der Waals surface area contributed by atoms with E-state index < -0.39 is 0 Å². The van der Waals surface area contributed by atoms with Gasteiger partial charge < -0.3 is 9.47 Å². The van der Waals surface area contributed by atoms with Crippen molar-refractivity contribution < 1.29 is 14.3 Å². The first-order chi connectivity index (χ1) is 8.77. The Bertz CT molecular complexity index is 441. The van der Waals surface area contributed by atoms with Gasteiger partial charge in [-0.25, -0.2) is 4.79 Å². The van der Waals surface area contributed by atoms with Crippen LogP contribution in [0, 0.1) is 12.3 Å². The van der Waals surface area contributed by atoms with Crippen LogP contribution >= 0.6 is 0 Å². The third kappa shape index (κ3) is 4.86. The normalized spacial score (nSPS) is 10.8. The Morgan fingerprint density at radius 2 is 2.11 bits per heavy atom. The predicted octanol–water partition coefficient (Wildman–Crippen LogP) is 2.28. The van der Waals surface area contributed by atoms with Crippen molar-refractivity contribution in [1.82, 2.24) is 0 Å². The zero-order chi connectivity index (χ0) is 13.2. The predicted molar refractivity (Wildman–Crippen MR) is 70.7 cm³/mol. The fourth-order valence-electron chi connectivity index (χ4n) is 1.35. The van der Waals surface area contributed by atoms with Gasteiger partial charge in [0, 0.05) is 6.42 Å². The highest BCUT2D eigenvalue weighted by Gasteiger charge is 2.09. The molecule has 3 heteroatoms. The standard InChI is InChI=1S/C15H16O3/c1-3-4-10-18-12-14(15(16)17-2)11-13-8-6-5-7-9-13/h1,5-9,11H,4,10,12H2,2H3/b14-11+. The quantitative estimate of drug-likeness (QED) is 0.333. The maximum atomic E-state index is 11.6. The summed E-state index contributed by atoms with van der Waals surface area (Å²) in [5, 5.41) is 0. The van der Waals surface area contributed by atoms with Crippen molar-refractivity contribution in [3.63, 3.8) is 0 Å². The van der Waals surface area contributed by atoms with Gasteiger partial charge in [-0.1, -0.05) is 30.3 Å². The fourth-order valence-corrected chi connectivity index (χ4v) is 1.35. The first-order valence-electron chi connectivity index (χ1n) is 5.63. The van der Waals surface area contributed by atoms with Crippen LogP contribution in [-0.4, -0.2) is 26.3 Å². The number of benzene rings is 1. The molecule has 0 aliphatic heterocycles. The molecule has 1 aromatic rings. The summed E-state index contributed by atoms with van der Waals surface area (Å²) in [6.45, 7) is 0.628. The van der Waals surface area contributed by atoms with E-state index in [0.29, 0.717) is 18.6 Å². The van der Waals surface area contributed by atoms with Crippen molar-refractivity contribution in [3.05, 3.63) is 41.5 Å². The molecular formula is C15H16O3. The molecule has 0 atom stereocenters. The minimum atomic E-state index is -0.389. The molecule has 0 aromatic heterocycles. The summed E-state index contributed by atoms with van der Waals surface area (Å²) in [4.78, 5) is 11.6. The summed E-state index contributed by atoms with van der Waals surface area (Å²) in [6.07, 6.45) is 7.40. The minimum absolute atomic E-state index is 0.198. The molecule has 0 heterocycles. The first-order valence-corrected chi connectivity index (χ1v) is 5.63. The van der Waals surface area contributed by atoms with E-state index in [9.17, 15) is 4.79 Å². The van der Waals surface area contributed by atoms with Crippen LogP contribution in [0.25, 0.3) is 6.08 Å². The van der Waals surface area contributed by atoms with Gasteiger partial charge in [0.25, 0.3) is 0 Å². The second-order valence-corrected chi connectivity index (χ2v) is 3.58. The Morgan fingerprint density at radius 3 is 2.72 bits per heavy atom. The molecular weight excluding hydrogens is 228 g/mol. The highest BCUT2D eigenvalue weighted by Crippen LogP contribution is 2.08. The number of hydrogen-bond donors (Lipinski definition) is 0. The van der Waals surface area contributed by atoms with E-state index in [0.717, 1.165) is 5.56 Å². The molecule has 0 spiro atoms. The highest BCUT2D eigenvalue weighted by atomic mass is 16.5. The van der Waals surface area contributed by atoms with Gasteiger partial charge in [-0.2, -0.15) is 0 Å². The summed E-state index contributed by atoms with van der Waals surface area (Å²) < 4.78 is 10.0. The van der Waals surface area contributed by atoms with Gasteiger partial charge in [-0.15, -0.1) is 12.3 Å². The summed E-state index contributed by atoms with van der Waals surface area (Å²) in [6, 6.07) is 9.53. The Morgan fingerprint density at radius 1 is 1.39 bits per heavy atom. The molecule has 0 unspecified atom stereocenters. The lowest BCUT2D eigenvalue weighted by atomic mass is 10.1. The van der Waals surface area contributed by atoms with E-state index in [1.807, 2.05) is 30.3 Å². The van der Waals surface area contributed by atoms with E-state index in [4.69, 9.17) is 15.9 Å². The second-order valence-electron chi connectivity index (χ2n) is 3.58. The van der Waals surface area contributed by atoms with Crippen LogP contribution in [0.4, 0.5) is 0 Å². The lowest BCUT2D eigenvalue weighted by Gasteiger charge is -2.06. The van der Waals surface area contributed by atoms with Gasteiger partial charge in [-0.3, -0.25) is 0 Å². The van der Waals surface area contributed by atoms with Gasteiger partial charge in [0.2, 0.25) is 0 Å². The van der Waals surface area contributed by atoms with E-state index in [-0.39, 0.29) is 12.6 Å². The van der Waals surface area contributed by atoms with Gasteiger partial charge in [0.1, 0.15) is 0 Å². The summed E-state index contributed by atoms with van der Waals surface area (Å²) in [5.74, 6) is 2.08. The third-order valence-corrected chi connectivity index (χ3v) is 2.24. The molecule has 0 bridgehead atoms. The largest absolute Gasteiger partial charge is 0.466 e. The molecule has 0 saturated heterocycles. The van der Waals surface area contributed by atoms with Crippen LogP contribution < -0.4 is 0 Å². The van der Waals surface area contributed by atoms with Crippen molar-refractivity contribution >= 4 is 12.0 Å². The summed E-state index contributed by atoms with van der Waals surface area (Å²) in [5.41, 5.74) is 1.40. The molecule has 1 aromatic carbocycles. The Balaban J connectivity index is 2.70. The van der Waals surface area contributed by atoms with Crippen LogP contribution in [-0.2, 0) is 14.3 Å². The minimum Gasteiger partial charge on any atom is -0.466 e. The van der Waals surface area contributed by atoms with Crippen molar-refractivity contribution in [2.75, 3.05) is 20.3 Å².